The number of hydrogen-bond acceptors (Lipinski definition) is 2. The molecular weight excluding hydrogens is 280 g/mol. The SMILES string of the molecule is O=Cc1ccc(-c2ccc(Cl)c(Cl)c2)c(Cl)n1. The maximum Gasteiger partial charge on any atom is 0.168 e. The van der Waals surface area contributed by atoms with Crippen LogP contribution >= 0.6 is 34.8 Å². The molecule has 0 aliphatic rings. The fraction of sp³-hybridized carbons (Fsp3) is 0. The fourth-order valence-corrected chi connectivity index (χ4v) is 1.96. The minimum Gasteiger partial charge on any atom is -0.296 e. The molecule has 2 nitrogen and oxygen atoms in total. The van der Waals surface area contributed by atoms with Crippen molar-refractivity contribution >= 4 is 41.1 Å². The van der Waals surface area contributed by atoms with Gasteiger partial charge in [0.1, 0.15) is 10.8 Å². The Hall–Kier alpha value is -1.09. The third-order valence-corrected chi connectivity index (χ3v) is 3.25. The topological polar surface area (TPSA) is 30.0 Å². The van der Waals surface area contributed by atoms with E-state index in [1.807, 2.05) is 0 Å². The van der Waals surface area contributed by atoms with Gasteiger partial charge in [0.25, 0.3) is 0 Å². The smallest absolute Gasteiger partial charge is 0.168 e. The second-order valence-corrected chi connectivity index (χ2v) is 4.49. The second-order valence-electron chi connectivity index (χ2n) is 3.32. The number of hydrogen-bond donors (Lipinski definition) is 0. The highest BCUT2D eigenvalue weighted by Crippen LogP contribution is 2.31. The Kier molecular flexibility index (Phi) is 3.67. The summed E-state index contributed by atoms with van der Waals surface area (Å²) in [5.41, 5.74) is 1.80. The zero-order valence-electron chi connectivity index (χ0n) is 8.45. The molecular formula is C12H6Cl3NO. The van der Waals surface area contributed by atoms with E-state index < -0.39 is 0 Å². The summed E-state index contributed by atoms with van der Waals surface area (Å²) >= 11 is 17.7. The van der Waals surface area contributed by atoms with Crippen molar-refractivity contribution in [2.75, 3.05) is 0 Å². The molecule has 1 heterocycles. The Balaban J connectivity index is 2.52. The zero-order valence-corrected chi connectivity index (χ0v) is 10.7. The van der Waals surface area contributed by atoms with Crippen LogP contribution in [0.25, 0.3) is 11.1 Å². The van der Waals surface area contributed by atoms with Gasteiger partial charge < -0.3 is 0 Å². The maximum atomic E-state index is 10.5. The molecule has 0 bridgehead atoms. The van der Waals surface area contributed by atoms with Gasteiger partial charge >= 0.3 is 0 Å². The van der Waals surface area contributed by atoms with E-state index >= 15 is 0 Å². The molecule has 0 radical (unpaired) electrons. The highest BCUT2D eigenvalue weighted by molar-refractivity contribution is 6.42. The molecule has 0 atom stereocenters. The average molecular weight is 287 g/mol. The highest BCUT2D eigenvalue weighted by atomic mass is 35.5. The number of halogens is 3. The molecule has 0 N–H and O–H groups in total. The summed E-state index contributed by atoms with van der Waals surface area (Å²) in [6.07, 6.45) is 0.643. The summed E-state index contributed by atoms with van der Waals surface area (Å²) in [7, 11) is 0. The molecule has 17 heavy (non-hydrogen) atoms. The van der Waals surface area contributed by atoms with E-state index in [1.165, 1.54) is 0 Å². The maximum absolute atomic E-state index is 10.5. The molecule has 0 spiro atoms. The van der Waals surface area contributed by atoms with E-state index in [4.69, 9.17) is 34.8 Å². The number of aldehydes is 1. The number of pyridine rings is 1. The quantitative estimate of drug-likeness (QED) is 0.600. The Morgan fingerprint density at radius 2 is 1.76 bits per heavy atom. The van der Waals surface area contributed by atoms with Crippen LogP contribution in [0.2, 0.25) is 15.2 Å². The number of carbonyl (C=O) groups excluding carboxylic acids is 1. The highest BCUT2D eigenvalue weighted by Gasteiger charge is 2.07. The van der Waals surface area contributed by atoms with Crippen LogP contribution in [0.15, 0.2) is 30.3 Å². The number of benzene rings is 1. The van der Waals surface area contributed by atoms with Gasteiger partial charge in [-0.2, -0.15) is 0 Å². The van der Waals surface area contributed by atoms with Crippen molar-refractivity contribution in [3.8, 4) is 11.1 Å². The molecule has 1 aromatic heterocycles. The normalized spacial score (nSPS) is 10.3. The fourth-order valence-electron chi connectivity index (χ4n) is 1.39. The van der Waals surface area contributed by atoms with Gasteiger partial charge in [0.05, 0.1) is 10.0 Å². The van der Waals surface area contributed by atoms with Gasteiger partial charge in [0, 0.05) is 5.56 Å². The Bertz CT molecular complexity index is 584. The predicted molar refractivity (Wildman–Crippen MR) is 70.1 cm³/mol. The van der Waals surface area contributed by atoms with Gasteiger partial charge in [-0.3, -0.25) is 4.79 Å². The monoisotopic (exact) mass is 285 g/mol. The van der Waals surface area contributed by atoms with E-state index in [1.54, 1.807) is 30.3 Å². The first-order valence-electron chi connectivity index (χ1n) is 4.69. The van der Waals surface area contributed by atoms with Crippen molar-refractivity contribution in [3.05, 3.63) is 51.2 Å². The minimum absolute atomic E-state index is 0.257. The van der Waals surface area contributed by atoms with Gasteiger partial charge in [-0.25, -0.2) is 4.98 Å². The third kappa shape index (κ3) is 2.60. The lowest BCUT2D eigenvalue weighted by Gasteiger charge is -2.05. The van der Waals surface area contributed by atoms with Crippen LogP contribution in [-0.4, -0.2) is 11.3 Å². The Morgan fingerprint density at radius 1 is 1.00 bits per heavy atom. The van der Waals surface area contributed by atoms with Crippen molar-refractivity contribution in [3.63, 3.8) is 0 Å². The summed E-state index contributed by atoms with van der Waals surface area (Å²) in [5.74, 6) is 0. The molecule has 0 aliphatic carbocycles. The minimum atomic E-state index is 0.257. The van der Waals surface area contributed by atoms with Crippen LogP contribution in [0.3, 0.4) is 0 Å². The number of nitrogens with zero attached hydrogens (tertiary/aromatic N) is 1. The van der Waals surface area contributed by atoms with E-state index in [9.17, 15) is 4.79 Å². The lowest BCUT2D eigenvalue weighted by atomic mass is 10.1. The molecule has 0 saturated heterocycles. The van der Waals surface area contributed by atoms with Gasteiger partial charge in [-0.15, -0.1) is 0 Å². The molecule has 0 aliphatic heterocycles. The first-order valence-corrected chi connectivity index (χ1v) is 5.82. The van der Waals surface area contributed by atoms with Crippen LogP contribution < -0.4 is 0 Å². The van der Waals surface area contributed by atoms with Gasteiger partial charge in [-0.1, -0.05) is 40.9 Å². The predicted octanol–water partition coefficient (Wildman–Crippen LogP) is 4.52. The van der Waals surface area contributed by atoms with Crippen molar-refractivity contribution in [2.24, 2.45) is 0 Å². The lowest BCUT2D eigenvalue weighted by Crippen LogP contribution is -1.89. The molecule has 2 rings (SSSR count). The summed E-state index contributed by atoms with van der Waals surface area (Å²) in [6, 6.07) is 8.49. The summed E-state index contributed by atoms with van der Waals surface area (Å²) in [5, 5.41) is 1.18. The molecule has 1 aromatic carbocycles. The van der Waals surface area contributed by atoms with E-state index in [2.05, 4.69) is 4.98 Å². The lowest BCUT2D eigenvalue weighted by molar-refractivity contribution is 0.111. The first kappa shape index (κ1) is 12.4. The van der Waals surface area contributed by atoms with Crippen LogP contribution in [0.5, 0.6) is 0 Å². The van der Waals surface area contributed by atoms with Gasteiger partial charge in [0.2, 0.25) is 0 Å². The Labute approximate surface area is 113 Å². The summed E-state index contributed by atoms with van der Waals surface area (Å²) < 4.78 is 0. The van der Waals surface area contributed by atoms with Crippen molar-refractivity contribution in [1.29, 1.82) is 0 Å². The molecule has 0 unspecified atom stereocenters. The molecule has 0 fully saturated rings. The average Bonchev–Trinajstić information content (AvgIpc) is 2.32. The number of carbonyl (C=O) groups is 1. The molecule has 2 aromatic rings. The Morgan fingerprint density at radius 3 is 2.35 bits per heavy atom. The number of aromatic nitrogens is 1. The largest absolute Gasteiger partial charge is 0.296 e. The molecule has 86 valence electrons. The van der Waals surface area contributed by atoms with E-state index in [0.29, 0.717) is 27.6 Å². The van der Waals surface area contributed by atoms with Crippen molar-refractivity contribution in [1.82, 2.24) is 4.98 Å². The molecule has 0 saturated carbocycles. The molecule has 5 heteroatoms. The van der Waals surface area contributed by atoms with Crippen LogP contribution in [-0.2, 0) is 0 Å². The van der Waals surface area contributed by atoms with Crippen LogP contribution in [0, 0.1) is 0 Å². The standard InChI is InChI=1S/C12H6Cl3NO/c13-10-4-1-7(5-11(10)14)9-3-2-8(6-17)16-12(9)15/h1-6H. The van der Waals surface area contributed by atoms with Crippen molar-refractivity contribution in [2.45, 2.75) is 0 Å². The second kappa shape index (κ2) is 5.05. The van der Waals surface area contributed by atoms with Crippen LogP contribution in [0.1, 0.15) is 10.5 Å². The number of rotatable bonds is 2. The van der Waals surface area contributed by atoms with Gasteiger partial charge in [-0.05, 0) is 29.8 Å². The summed E-state index contributed by atoms with van der Waals surface area (Å²) in [6.45, 7) is 0. The van der Waals surface area contributed by atoms with Crippen molar-refractivity contribution < 1.29 is 4.79 Å². The third-order valence-electron chi connectivity index (χ3n) is 2.22. The molecule has 0 amide bonds. The van der Waals surface area contributed by atoms with E-state index in [0.717, 1.165) is 5.56 Å². The van der Waals surface area contributed by atoms with E-state index in [-0.39, 0.29) is 5.15 Å². The van der Waals surface area contributed by atoms with Gasteiger partial charge in [0.15, 0.2) is 6.29 Å². The van der Waals surface area contributed by atoms with Crippen LogP contribution in [0.4, 0.5) is 0 Å². The summed E-state index contributed by atoms with van der Waals surface area (Å²) in [4.78, 5) is 14.5. The zero-order chi connectivity index (χ0) is 12.4. The first-order chi connectivity index (χ1) is 8.11.